The Bertz CT molecular complexity index is 711. The summed E-state index contributed by atoms with van der Waals surface area (Å²) in [6.07, 6.45) is 2.27. The number of benzene rings is 1. The number of hydrogen-bond donors (Lipinski definition) is 2. The van der Waals surface area contributed by atoms with Crippen molar-refractivity contribution >= 4 is 20.0 Å². The van der Waals surface area contributed by atoms with Crippen LogP contribution in [0.25, 0.3) is 0 Å². The maximum absolute atomic E-state index is 12.4. The lowest BCUT2D eigenvalue weighted by Gasteiger charge is -2.16. The van der Waals surface area contributed by atoms with Crippen molar-refractivity contribution in [3.63, 3.8) is 0 Å². The fourth-order valence-electron chi connectivity index (χ4n) is 2.43. The SMILES string of the molecule is CNS(=O)(=O)c1ccccc1S(=O)(=O)NCCN1CCCC1. The molecule has 2 N–H and O–H groups in total. The second-order valence-electron chi connectivity index (χ2n) is 5.10. The van der Waals surface area contributed by atoms with Crippen LogP contribution in [0.2, 0.25) is 0 Å². The third-order valence-corrected chi connectivity index (χ3v) is 6.74. The van der Waals surface area contributed by atoms with Gasteiger partial charge in [0, 0.05) is 13.1 Å². The van der Waals surface area contributed by atoms with E-state index in [1.165, 1.54) is 31.3 Å². The normalized spacial score (nSPS) is 17.0. The molecule has 7 nitrogen and oxygen atoms in total. The Morgan fingerprint density at radius 1 is 1.00 bits per heavy atom. The molecule has 1 aromatic rings. The first kappa shape index (κ1) is 17.4. The van der Waals surface area contributed by atoms with Crippen LogP contribution in [0.4, 0.5) is 0 Å². The number of nitrogens with one attached hydrogen (secondary N) is 2. The van der Waals surface area contributed by atoms with Crippen LogP contribution in [0.5, 0.6) is 0 Å². The van der Waals surface area contributed by atoms with E-state index in [0.29, 0.717) is 6.54 Å². The molecule has 0 bridgehead atoms. The topological polar surface area (TPSA) is 95.6 Å². The maximum Gasteiger partial charge on any atom is 0.241 e. The Morgan fingerprint density at radius 3 is 2.09 bits per heavy atom. The van der Waals surface area contributed by atoms with Crippen LogP contribution < -0.4 is 9.44 Å². The van der Waals surface area contributed by atoms with Crippen LogP contribution in [0, 0.1) is 0 Å². The molecule has 0 unspecified atom stereocenters. The van der Waals surface area contributed by atoms with E-state index in [2.05, 4.69) is 14.3 Å². The molecule has 1 aromatic carbocycles. The van der Waals surface area contributed by atoms with Gasteiger partial charge in [-0.15, -0.1) is 0 Å². The highest BCUT2D eigenvalue weighted by molar-refractivity contribution is 7.92. The van der Waals surface area contributed by atoms with Gasteiger partial charge in [-0.3, -0.25) is 0 Å². The largest absolute Gasteiger partial charge is 0.302 e. The summed E-state index contributed by atoms with van der Waals surface area (Å²) < 4.78 is 53.2. The highest BCUT2D eigenvalue weighted by Gasteiger charge is 2.25. The summed E-state index contributed by atoms with van der Waals surface area (Å²) in [5.41, 5.74) is 0. The van der Waals surface area contributed by atoms with Gasteiger partial charge >= 0.3 is 0 Å². The molecule has 2 rings (SSSR count). The first-order valence-electron chi connectivity index (χ1n) is 7.11. The molecule has 0 amide bonds. The lowest BCUT2D eigenvalue weighted by molar-refractivity contribution is 0.344. The van der Waals surface area contributed by atoms with E-state index in [0.717, 1.165) is 25.9 Å². The first-order chi connectivity index (χ1) is 10.4. The Labute approximate surface area is 131 Å². The Morgan fingerprint density at radius 2 is 1.55 bits per heavy atom. The van der Waals surface area contributed by atoms with Crippen molar-refractivity contribution in [2.24, 2.45) is 0 Å². The summed E-state index contributed by atoms with van der Waals surface area (Å²) in [6, 6.07) is 5.57. The van der Waals surface area contributed by atoms with E-state index in [4.69, 9.17) is 0 Å². The summed E-state index contributed by atoms with van der Waals surface area (Å²) >= 11 is 0. The van der Waals surface area contributed by atoms with Crippen LogP contribution in [0.1, 0.15) is 12.8 Å². The van der Waals surface area contributed by atoms with Gasteiger partial charge in [-0.25, -0.2) is 26.3 Å². The lowest BCUT2D eigenvalue weighted by Crippen LogP contribution is -2.34. The van der Waals surface area contributed by atoms with Crippen LogP contribution in [-0.4, -0.2) is 55.0 Å². The molecule has 0 aliphatic carbocycles. The minimum absolute atomic E-state index is 0.231. The molecule has 0 aromatic heterocycles. The van der Waals surface area contributed by atoms with Gasteiger partial charge in [-0.05, 0) is 45.1 Å². The minimum Gasteiger partial charge on any atom is -0.302 e. The van der Waals surface area contributed by atoms with Crippen molar-refractivity contribution in [3.05, 3.63) is 24.3 Å². The number of sulfonamides is 2. The number of likely N-dealkylation sites (tertiary alicyclic amines) is 1. The van der Waals surface area contributed by atoms with Gasteiger partial charge in [0.2, 0.25) is 20.0 Å². The first-order valence-corrected chi connectivity index (χ1v) is 10.1. The van der Waals surface area contributed by atoms with Crippen LogP contribution in [0.3, 0.4) is 0 Å². The van der Waals surface area contributed by atoms with Gasteiger partial charge in [-0.1, -0.05) is 12.1 Å². The third-order valence-electron chi connectivity index (χ3n) is 3.62. The highest BCUT2D eigenvalue weighted by atomic mass is 32.2. The quantitative estimate of drug-likeness (QED) is 0.722. The number of nitrogens with zero attached hydrogens (tertiary/aromatic N) is 1. The fourth-order valence-corrected chi connectivity index (χ4v) is 5.00. The van der Waals surface area contributed by atoms with Crippen molar-refractivity contribution in [2.75, 3.05) is 33.2 Å². The Hall–Kier alpha value is -1.00. The molecule has 1 fully saturated rings. The summed E-state index contributed by atoms with van der Waals surface area (Å²) in [6.45, 7) is 2.84. The van der Waals surface area contributed by atoms with Gasteiger partial charge in [0.25, 0.3) is 0 Å². The van der Waals surface area contributed by atoms with Crippen LogP contribution >= 0.6 is 0 Å². The number of rotatable bonds is 7. The summed E-state index contributed by atoms with van der Waals surface area (Å²) in [7, 11) is -6.45. The Balaban J connectivity index is 2.15. The van der Waals surface area contributed by atoms with Crippen molar-refractivity contribution in [2.45, 2.75) is 22.6 Å². The van der Waals surface area contributed by atoms with Crippen LogP contribution in [0.15, 0.2) is 34.1 Å². The zero-order chi connectivity index (χ0) is 16.2. The lowest BCUT2D eigenvalue weighted by atomic mass is 10.4. The number of hydrogen-bond acceptors (Lipinski definition) is 5. The molecule has 1 saturated heterocycles. The molecular weight excluding hydrogens is 326 g/mol. The van der Waals surface area contributed by atoms with Crippen LogP contribution in [-0.2, 0) is 20.0 Å². The zero-order valence-corrected chi connectivity index (χ0v) is 14.1. The molecule has 124 valence electrons. The van der Waals surface area contributed by atoms with Crippen molar-refractivity contribution in [1.29, 1.82) is 0 Å². The van der Waals surface area contributed by atoms with E-state index in [-0.39, 0.29) is 16.3 Å². The molecule has 1 heterocycles. The molecule has 0 radical (unpaired) electrons. The van der Waals surface area contributed by atoms with E-state index < -0.39 is 20.0 Å². The van der Waals surface area contributed by atoms with E-state index in [1.807, 2.05) is 0 Å². The standard InChI is InChI=1S/C13H21N3O4S2/c1-14-21(17,18)12-6-2-3-7-13(12)22(19,20)15-8-11-16-9-4-5-10-16/h2-3,6-7,14-15H,4-5,8-11H2,1H3. The molecule has 9 heteroatoms. The van der Waals surface area contributed by atoms with Gasteiger partial charge in [0.15, 0.2) is 0 Å². The highest BCUT2D eigenvalue weighted by Crippen LogP contribution is 2.20. The molecule has 0 atom stereocenters. The molecule has 1 aliphatic heterocycles. The van der Waals surface area contributed by atoms with Crippen molar-refractivity contribution < 1.29 is 16.8 Å². The van der Waals surface area contributed by atoms with Gasteiger partial charge < -0.3 is 4.90 Å². The smallest absolute Gasteiger partial charge is 0.241 e. The van der Waals surface area contributed by atoms with Gasteiger partial charge in [-0.2, -0.15) is 0 Å². The van der Waals surface area contributed by atoms with E-state index in [9.17, 15) is 16.8 Å². The summed E-state index contributed by atoms with van der Waals surface area (Å²) in [5, 5.41) is 0. The van der Waals surface area contributed by atoms with Gasteiger partial charge in [0.05, 0.1) is 0 Å². The molecule has 1 aliphatic rings. The predicted octanol–water partition coefficient (Wildman–Crippen LogP) is -0.0312. The average Bonchev–Trinajstić information content (AvgIpc) is 3.00. The second kappa shape index (κ2) is 7.05. The average molecular weight is 347 g/mol. The Kier molecular flexibility index (Phi) is 5.56. The minimum atomic E-state index is -3.87. The molecule has 0 saturated carbocycles. The monoisotopic (exact) mass is 347 g/mol. The third kappa shape index (κ3) is 4.05. The fraction of sp³-hybridized carbons (Fsp3) is 0.538. The molecular formula is C13H21N3O4S2. The molecule has 22 heavy (non-hydrogen) atoms. The van der Waals surface area contributed by atoms with E-state index >= 15 is 0 Å². The van der Waals surface area contributed by atoms with E-state index in [1.54, 1.807) is 0 Å². The predicted molar refractivity (Wildman–Crippen MR) is 83.6 cm³/mol. The second-order valence-corrected chi connectivity index (χ2v) is 8.69. The summed E-state index contributed by atoms with van der Waals surface area (Å²) in [5.74, 6) is 0. The van der Waals surface area contributed by atoms with Crippen molar-refractivity contribution in [1.82, 2.24) is 14.3 Å². The van der Waals surface area contributed by atoms with Gasteiger partial charge in [0.1, 0.15) is 9.79 Å². The molecule has 0 spiro atoms. The van der Waals surface area contributed by atoms with Crippen molar-refractivity contribution in [3.8, 4) is 0 Å². The summed E-state index contributed by atoms with van der Waals surface area (Å²) in [4.78, 5) is 1.70. The zero-order valence-electron chi connectivity index (χ0n) is 12.4. The maximum atomic E-state index is 12.4.